The number of amides is 1. The Balaban J connectivity index is 0.000000396. The maximum absolute atomic E-state index is 10.7. The highest BCUT2D eigenvalue weighted by Crippen LogP contribution is 2.18. The molecule has 0 fully saturated rings. The highest BCUT2D eigenvalue weighted by atomic mass is 16.5. The Morgan fingerprint density at radius 1 is 1.54 bits per heavy atom. The van der Waals surface area contributed by atoms with Crippen LogP contribution in [-0.4, -0.2) is 11.1 Å². The molecule has 13 heavy (non-hydrogen) atoms. The number of rotatable bonds is 0. The minimum absolute atomic E-state index is 0.337. The van der Waals surface area contributed by atoms with Gasteiger partial charge in [-0.2, -0.15) is 0 Å². The summed E-state index contributed by atoms with van der Waals surface area (Å²) < 4.78 is 4.73. The molecule has 1 amide bonds. The van der Waals surface area contributed by atoms with Gasteiger partial charge in [-0.05, 0) is 6.07 Å². The van der Waals surface area contributed by atoms with Gasteiger partial charge in [-0.15, -0.1) is 0 Å². The molecule has 0 radical (unpaired) electrons. The third-order valence-electron chi connectivity index (χ3n) is 1.51. The van der Waals surface area contributed by atoms with Crippen molar-refractivity contribution in [3.05, 3.63) is 24.0 Å². The van der Waals surface area contributed by atoms with E-state index < -0.39 is 6.09 Å². The van der Waals surface area contributed by atoms with Crippen LogP contribution in [0.3, 0.4) is 0 Å². The fourth-order valence-corrected chi connectivity index (χ4v) is 0.951. The lowest BCUT2D eigenvalue weighted by molar-refractivity contribution is 0.151. The molecule has 1 aromatic rings. The number of carbonyl (C=O) groups excluding carboxylic acids is 1. The molecule has 2 rings (SSSR count). The van der Waals surface area contributed by atoms with Crippen LogP contribution in [0.15, 0.2) is 18.5 Å². The number of hydrogen-bond acceptors (Lipinski definition) is 3. The van der Waals surface area contributed by atoms with Crippen LogP contribution in [0.4, 0.5) is 10.5 Å². The first-order chi connectivity index (χ1) is 6.36. The Morgan fingerprint density at radius 3 is 3.08 bits per heavy atom. The highest BCUT2D eigenvalue weighted by molar-refractivity contribution is 5.87. The van der Waals surface area contributed by atoms with Crippen molar-refractivity contribution < 1.29 is 9.53 Å². The molecule has 0 atom stereocenters. The van der Waals surface area contributed by atoms with E-state index in [1.807, 2.05) is 19.9 Å². The zero-order valence-corrected chi connectivity index (χ0v) is 7.70. The molecule has 0 spiro atoms. The van der Waals surface area contributed by atoms with E-state index in [-0.39, 0.29) is 0 Å². The van der Waals surface area contributed by atoms with Crippen molar-refractivity contribution in [2.75, 3.05) is 5.32 Å². The predicted molar refractivity (Wildman–Crippen MR) is 49.4 cm³/mol. The van der Waals surface area contributed by atoms with Gasteiger partial charge in [0.15, 0.2) is 0 Å². The Bertz CT molecular complexity index is 299. The molecule has 1 N–H and O–H groups in total. The van der Waals surface area contributed by atoms with E-state index in [1.54, 1.807) is 12.4 Å². The van der Waals surface area contributed by atoms with Gasteiger partial charge in [-0.25, -0.2) is 4.79 Å². The minimum Gasteiger partial charge on any atom is -0.444 e. The van der Waals surface area contributed by atoms with E-state index in [9.17, 15) is 4.79 Å². The second-order valence-corrected chi connectivity index (χ2v) is 2.23. The number of carbonyl (C=O) groups is 1. The van der Waals surface area contributed by atoms with E-state index in [0.717, 1.165) is 11.3 Å². The van der Waals surface area contributed by atoms with Crippen LogP contribution in [0, 0.1) is 0 Å². The molecule has 2 heterocycles. The van der Waals surface area contributed by atoms with Crippen molar-refractivity contribution in [2.24, 2.45) is 0 Å². The summed E-state index contributed by atoms with van der Waals surface area (Å²) in [6.45, 7) is 4.34. The molecular weight excluding hydrogens is 168 g/mol. The quantitative estimate of drug-likeness (QED) is 0.665. The molecule has 70 valence electrons. The molecule has 0 aromatic carbocycles. The van der Waals surface area contributed by atoms with Crippen molar-refractivity contribution in [3.8, 4) is 0 Å². The SMILES string of the molecule is CC.O=C1Nc2cnccc2CO1. The lowest BCUT2D eigenvalue weighted by Crippen LogP contribution is -2.20. The number of pyridine rings is 1. The smallest absolute Gasteiger partial charge is 0.412 e. The van der Waals surface area contributed by atoms with Gasteiger partial charge in [0, 0.05) is 11.8 Å². The van der Waals surface area contributed by atoms with Crippen molar-refractivity contribution in [2.45, 2.75) is 20.5 Å². The zero-order chi connectivity index (χ0) is 9.68. The van der Waals surface area contributed by atoms with E-state index >= 15 is 0 Å². The highest BCUT2D eigenvalue weighted by Gasteiger charge is 2.13. The summed E-state index contributed by atoms with van der Waals surface area (Å²) >= 11 is 0. The van der Waals surface area contributed by atoms with E-state index in [1.165, 1.54) is 0 Å². The average molecular weight is 180 g/mol. The second-order valence-electron chi connectivity index (χ2n) is 2.23. The summed E-state index contributed by atoms with van der Waals surface area (Å²) in [5.74, 6) is 0. The number of fused-ring (bicyclic) bond motifs is 1. The van der Waals surface area contributed by atoms with Crippen LogP contribution in [-0.2, 0) is 11.3 Å². The fraction of sp³-hybridized carbons (Fsp3) is 0.333. The molecule has 4 nitrogen and oxygen atoms in total. The third-order valence-corrected chi connectivity index (χ3v) is 1.51. The lowest BCUT2D eigenvalue weighted by Gasteiger charge is -2.15. The van der Waals surface area contributed by atoms with Crippen LogP contribution >= 0.6 is 0 Å². The summed E-state index contributed by atoms with van der Waals surface area (Å²) in [4.78, 5) is 14.5. The van der Waals surface area contributed by atoms with Crippen LogP contribution in [0.2, 0.25) is 0 Å². The topological polar surface area (TPSA) is 51.2 Å². The van der Waals surface area contributed by atoms with E-state index in [4.69, 9.17) is 4.74 Å². The predicted octanol–water partition coefficient (Wildman–Crippen LogP) is 2.17. The second kappa shape index (κ2) is 4.45. The Kier molecular flexibility index (Phi) is 3.25. The van der Waals surface area contributed by atoms with E-state index in [2.05, 4.69) is 10.3 Å². The number of nitrogens with zero attached hydrogens (tertiary/aromatic N) is 1. The first-order valence-electron chi connectivity index (χ1n) is 4.23. The van der Waals surface area contributed by atoms with Gasteiger partial charge >= 0.3 is 6.09 Å². The largest absolute Gasteiger partial charge is 0.444 e. The Morgan fingerprint density at radius 2 is 2.31 bits per heavy atom. The number of ether oxygens (including phenoxy) is 1. The number of nitrogens with one attached hydrogen (secondary N) is 1. The zero-order valence-electron chi connectivity index (χ0n) is 7.70. The first kappa shape index (κ1) is 9.51. The number of anilines is 1. The minimum atomic E-state index is -0.412. The monoisotopic (exact) mass is 180 g/mol. The summed E-state index contributed by atoms with van der Waals surface area (Å²) in [5.41, 5.74) is 1.70. The molecule has 0 saturated heterocycles. The van der Waals surface area contributed by atoms with Crippen molar-refractivity contribution in [1.82, 2.24) is 4.98 Å². The van der Waals surface area contributed by atoms with Gasteiger partial charge < -0.3 is 4.74 Å². The molecule has 0 bridgehead atoms. The van der Waals surface area contributed by atoms with Crippen LogP contribution in [0.25, 0.3) is 0 Å². The van der Waals surface area contributed by atoms with Gasteiger partial charge in [-0.1, -0.05) is 13.8 Å². The summed E-state index contributed by atoms with van der Waals surface area (Å²) in [6, 6.07) is 1.81. The van der Waals surface area contributed by atoms with Gasteiger partial charge in [-0.3, -0.25) is 10.3 Å². The van der Waals surface area contributed by atoms with Gasteiger partial charge in [0.05, 0.1) is 11.9 Å². The Labute approximate surface area is 76.9 Å². The van der Waals surface area contributed by atoms with E-state index in [0.29, 0.717) is 6.61 Å². The summed E-state index contributed by atoms with van der Waals surface area (Å²) in [6.07, 6.45) is 2.86. The average Bonchev–Trinajstić information content (AvgIpc) is 2.21. The molecular formula is C9H12N2O2. The number of hydrogen-bond donors (Lipinski definition) is 1. The fourth-order valence-electron chi connectivity index (χ4n) is 0.951. The van der Waals surface area contributed by atoms with Gasteiger partial charge in [0.1, 0.15) is 6.61 Å². The van der Waals surface area contributed by atoms with Crippen LogP contribution in [0.1, 0.15) is 19.4 Å². The molecule has 1 aliphatic rings. The molecule has 0 unspecified atom stereocenters. The molecule has 4 heteroatoms. The molecule has 1 aromatic heterocycles. The first-order valence-corrected chi connectivity index (χ1v) is 4.23. The molecule has 0 saturated carbocycles. The molecule has 1 aliphatic heterocycles. The van der Waals surface area contributed by atoms with Crippen molar-refractivity contribution >= 4 is 11.8 Å². The molecule has 0 aliphatic carbocycles. The third kappa shape index (κ3) is 2.18. The van der Waals surface area contributed by atoms with Gasteiger partial charge in [0.25, 0.3) is 0 Å². The van der Waals surface area contributed by atoms with Crippen LogP contribution in [0.5, 0.6) is 0 Å². The lowest BCUT2D eigenvalue weighted by atomic mass is 10.2. The normalized spacial score (nSPS) is 12.9. The summed E-state index contributed by atoms with van der Waals surface area (Å²) in [5, 5.41) is 2.54. The maximum atomic E-state index is 10.7. The standard InChI is InChI=1S/C7H6N2O2.C2H6/c10-7-9-6-3-8-2-1-5(6)4-11-7;1-2/h1-3H,4H2,(H,9,10);1-2H3. The van der Waals surface area contributed by atoms with Crippen LogP contribution < -0.4 is 5.32 Å². The summed E-state index contributed by atoms with van der Waals surface area (Å²) in [7, 11) is 0. The maximum Gasteiger partial charge on any atom is 0.412 e. The number of aromatic nitrogens is 1. The number of cyclic esters (lactones) is 1. The Hall–Kier alpha value is -1.58. The van der Waals surface area contributed by atoms with Crippen molar-refractivity contribution in [1.29, 1.82) is 0 Å². The van der Waals surface area contributed by atoms with Crippen molar-refractivity contribution in [3.63, 3.8) is 0 Å². The van der Waals surface area contributed by atoms with Gasteiger partial charge in [0.2, 0.25) is 0 Å².